The molecule has 0 rings (SSSR count). The Morgan fingerprint density at radius 1 is 1.31 bits per heavy atom. The van der Waals surface area contributed by atoms with Crippen LogP contribution < -0.4 is 5.73 Å². The molecule has 0 saturated carbocycles. The molecule has 4 heteroatoms. The number of nitrogens with two attached hydrogens (primary N) is 1. The average Bonchev–Trinajstić information content (AvgIpc) is 1.97. The topological polar surface area (TPSA) is 35.2 Å². The maximum absolute atomic E-state index is 5.53. The van der Waals surface area contributed by atoms with Gasteiger partial charge in [0.25, 0.3) is 0 Å². The van der Waals surface area contributed by atoms with E-state index in [1.54, 1.807) is 0 Å². The third kappa shape index (κ3) is 8.94. The Bertz CT molecular complexity index is 143. The molecule has 0 aliphatic rings. The van der Waals surface area contributed by atoms with Crippen molar-refractivity contribution in [2.24, 2.45) is 5.73 Å². The molecular formula is C9H21NOS2. The van der Waals surface area contributed by atoms with E-state index in [0.717, 1.165) is 19.4 Å². The summed E-state index contributed by atoms with van der Waals surface area (Å²) in [5.41, 5.74) is 5.45. The Balaban J connectivity index is 3.75. The molecule has 0 aliphatic carbocycles. The number of hydrogen-bond acceptors (Lipinski definition) is 4. The quantitative estimate of drug-likeness (QED) is 0.413. The van der Waals surface area contributed by atoms with Gasteiger partial charge in [-0.05, 0) is 59.1 Å². The van der Waals surface area contributed by atoms with Crippen molar-refractivity contribution >= 4 is 24.7 Å². The van der Waals surface area contributed by atoms with E-state index < -0.39 is 0 Å². The van der Waals surface area contributed by atoms with E-state index in [4.69, 9.17) is 9.92 Å². The van der Waals surface area contributed by atoms with Gasteiger partial charge in [0.15, 0.2) is 0 Å². The second kappa shape index (κ2) is 5.49. The number of rotatable bonds is 6. The Hall–Kier alpha value is 0.620. The van der Waals surface area contributed by atoms with Crippen molar-refractivity contribution in [3.8, 4) is 0 Å². The fourth-order valence-corrected chi connectivity index (χ4v) is 1.55. The van der Waals surface area contributed by atoms with Crippen molar-refractivity contribution in [2.75, 3.05) is 6.54 Å². The summed E-state index contributed by atoms with van der Waals surface area (Å²) in [5, 5.41) is 0. The molecule has 0 heterocycles. The average molecular weight is 223 g/mol. The first kappa shape index (κ1) is 13.6. The maximum atomic E-state index is 5.53. The van der Waals surface area contributed by atoms with Crippen molar-refractivity contribution < 1.29 is 4.18 Å². The molecule has 0 aromatic carbocycles. The largest absolute Gasteiger partial charge is 0.330 e. The summed E-state index contributed by atoms with van der Waals surface area (Å²) in [6.07, 6.45) is 2.11. The molecule has 0 atom stereocenters. The van der Waals surface area contributed by atoms with Gasteiger partial charge in [-0.15, -0.1) is 12.6 Å². The molecule has 0 aromatic heterocycles. The zero-order valence-electron chi connectivity index (χ0n) is 8.96. The van der Waals surface area contributed by atoms with Gasteiger partial charge in [0, 0.05) is 4.75 Å². The highest BCUT2D eigenvalue weighted by Crippen LogP contribution is 2.34. The van der Waals surface area contributed by atoms with E-state index in [9.17, 15) is 0 Å². The summed E-state index contributed by atoms with van der Waals surface area (Å²) in [5.74, 6) is 0. The zero-order chi connectivity index (χ0) is 10.5. The monoisotopic (exact) mass is 223 g/mol. The van der Waals surface area contributed by atoms with Crippen molar-refractivity contribution in [1.82, 2.24) is 0 Å². The molecule has 0 radical (unpaired) electrons. The minimum atomic E-state index is -0.370. The molecule has 0 spiro atoms. The van der Waals surface area contributed by atoms with Crippen molar-refractivity contribution in [3.05, 3.63) is 0 Å². The minimum absolute atomic E-state index is 0.124. The Kier molecular flexibility index (Phi) is 5.75. The van der Waals surface area contributed by atoms with Gasteiger partial charge in [-0.25, -0.2) is 0 Å². The van der Waals surface area contributed by atoms with Crippen LogP contribution in [0.2, 0.25) is 0 Å². The van der Waals surface area contributed by atoms with Gasteiger partial charge in [-0.3, -0.25) is 4.18 Å². The first-order chi connectivity index (χ1) is 5.77. The summed E-state index contributed by atoms with van der Waals surface area (Å²) >= 11 is 5.78. The van der Waals surface area contributed by atoms with Crippen molar-refractivity contribution in [3.63, 3.8) is 0 Å². The SMILES string of the molecule is CC(C)(S)OSC(C)(C)CCCN. The van der Waals surface area contributed by atoms with E-state index in [-0.39, 0.29) is 9.68 Å². The van der Waals surface area contributed by atoms with Crippen LogP contribution in [-0.4, -0.2) is 16.2 Å². The smallest absolute Gasteiger partial charge is 0.120 e. The van der Waals surface area contributed by atoms with E-state index in [0.29, 0.717) is 0 Å². The summed E-state index contributed by atoms with van der Waals surface area (Å²) in [6.45, 7) is 8.93. The molecule has 0 aliphatic heterocycles. The van der Waals surface area contributed by atoms with Crippen LogP contribution in [0.15, 0.2) is 0 Å². The highest BCUT2D eigenvalue weighted by molar-refractivity contribution is 7.96. The molecule has 2 nitrogen and oxygen atoms in total. The Morgan fingerprint density at radius 3 is 2.23 bits per heavy atom. The van der Waals surface area contributed by atoms with Gasteiger partial charge in [-0.2, -0.15) is 0 Å². The third-order valence-electron chi connectivity index (χ3n) is 1.45. The summed E-state index contributed by atoms with van der Waals surface area (Å²) < 4.78 is 5.66. The van der Waals surface area contributed by atoms with Gasteiger partial charge in [-0.1, -0.05) is 0 Å². The molecular weight excluding hydrogens is 202 g/mol. The Morgan fingerprint density at radius 2 is 1.85 bits per heavy atom. The zero-order valence-corrected chi connectivity index (χ0v) is 10.7. The standard InChI is InChI=1S/C9H21NOS2/c1-8(2,6-5-7-10)13-11-9(3,4)12/h12H,5-7,10H2,1-4H3. The lowest BCUT2D eigenvalue weighted by Crippen LogP contribution is -2.21. The van der Waals surface area contributed by atoms with E-state index >= 15 is 0 Å². The molecule has 80 valence electrons. The number of hydrogen-bond donors (Lipinski definition) is 2. The molecule has 0 saturated heterocycles. The van der Waals surface area contributed by atoms with Crippen LogP contribution in [0.25, 0.3) is 0 Å². The molecule has 2 N–H and O–H groups in total. The fraction of sp³-hybridized carbons (Fsp3) is 1.00. The first-order valence-electron chi connectivity index (χ1n) is 4.56. The van der Waals surface area contributed by atoms with Crippen molar-refractivity contribution in [1.29, 1.82) is 0 Å². The molecule has 0 unspecified atom stereocenters. The van der Waals surface area contributed by atoms with Crippen LogP contribution in [0.4, 0.5) is 0 Å². The predicted molar refractivity (Wildman–Crippen MR) is 64.1 cm³/mol. The molecule has 0 aromatic rings. The van der Waals surface area contributed by atoms with Crippen LogP contribution in [0.3, 0.4) is 0 Å². The highest BCUT2D eigenvalue weighted by Gasteiger charge is 2.23. The minimum Gasteiger partial charge on any atom is -0.330 e. The van der Waals surface area contributed by atoms with Crippen LogP contribution in [-0.2, 0) is 4.18 Å². The van der Waals surface area contributed by atoms with E-state index in [2.05, 4.69) is 26.5 Å². The fourth-order valence-electron chi connectivity index (χ4n) is 0.784. The lowest BCUT2D eigenvalue weighted by atomic mass is 10.1. The van der Waals surface area contributed by atoms with Crippen LogP contribution in [0.5, 0.6) is 0 Å². The van der Waals surface area contributed by atoms with Crippen LogP contribution in [0.1, 0.15) is 40.5 Å². The van der Waals surface area contributed by atoms with Crippen LogP contribution in [0, 0.1) is 0 Å². The highest BCUT2D eigenvalue weighted by atomic mass is 32.2. The van der Waals surface area contributed by atoms with E-state index in [1.807, 2.05) is 13.8 Å². The molecule has 13 heavy (non-hydrogen) atoms. The van der Waals surface area contributed by atoms with Gasteiger partial charge >= 0.3 is 0 Å². The summed E-state index contributed by atoms with van der Waals surface area (Å²) in [6, 6.07) is 0. The Labute approximate surface area is 91.6 Å². The van der Waals surface area contributed by atoms with Crippen molar-refractivity contribution in [2.45, 2.75) is 50.2 Å². The first-order valence-corrected chi connectivity index (χ1v) is 5.75. The lowest BCUT2D eigenvalue weighted by molar-refractivity contribution is 0.246. The van der Waals surface area contributed by atoms with Gasteiger partial charge in [0.05, 0.1) is 0 Å². The third-order valence-corrected chi connectivity index (χ3v) is 2.82. The predicted octanol–water partition coefficient (Wildman–Crippen LogP) is 2.83. The number of thiol groups is 1. The molecule has 0 bridgehead atoms. The molecule has 0 fully saturated rings. The van der Waals surface area contributed by atoms with Gasteiger partial charge in [0.2, 0.25) is 0 Å². The second-order valence-electron chi connectivity index (χ2n) is 4.27. The summed E-state index contributed by atoms with van der Waals surface area (Å²) in [4.78, 5) is -0.370. The van der Waals surface area contributed by atoms with E-state index in [1.165, 1.54) is 12.0 Å². The van der Waals surface area contributed by atoms with Gasteiger partial charge in [0.1, 0.15) is 4.93 Å². The second-order valence-corrected chi connectivity index (χ2v) is 6.78. The molecule has 0 amide bonds. The maximum Gasteiger partial charge on any atom is 0.120 e. The van der Waals surface area contributed by atoms with Crippen LogP contribution >= 0.6 is 24.7 Å². The summed E-state index contributed by atoms with van der Waals surface area (Å²) in [7, 11) is 0. The van der Waals surface area contributed by atoms with Gasteiger partial charge < -0.3 is 5.73 Å². The normalized spacial score (nSPS) is 13.4. The lowest BCUT2D eigenvalue weighted by Gasteiger charge is -2.27.